The Morgan fingerprint density at radius 3 is 2.35 bits per heavy atom. The van der Waals surface area contributed by atoms with E-state index in [0.717, 1.165) is 0 Å². The minimum absolute atomic E-state index is 0.176. The summed E-state index contributed by atoms with van der Waals surface area (Å²) in [7, 11) is 3.67. The Labute approximate surface area is 136 Å². The Morgan fingerprint density at radius 1 is 1.26 bits per heavy atom. The highest BCUT2D eigenvalue weighted by Crippen LogP contribution is 2.16. The highest BCUT2D eigenvalue weighted by molar-refractivity contribution is 5.94. The molecule has 0 radical (unpaired) electrons. The van der Waals surface area contributed by atoms with Crippen LogP contribution in [0, 0.1) is 0 Å². The van der Waals surface area contributed by atoms with Crippen molar-refractivity contribution >= 4 is 17.8 Å². The van der Waals surface area contributed by atoms with Crippen LogP contribution in [-0.4, -0.2) is 77.4 Å². The normalized spacial score (nSPS) is 19.0. The van der Waals surface area contributed by atoms with Crippen molar-refractivity contribution in [2.24, 2.45) is 5.73 Å². The molecule has 1 fully saturated rings. The lowest BCUT2D eigenvalue weighted by atomic mass is 10.1. The van der Waals surface area contributed by atoms with Gasteiger partial charge in [-0.25, -0.2) is 9.97 Å². The van der Waals surface area contributed by atoms with E-state index >= 15 is 0 Å². The number of hydrogen-bond donors (Lipinski definition) is 1. The molecule has 1 aliphatic rings. The van der Waals surface area contributed by atoms with Gasteiger partial charge in [-0.3, -0.25) is 14.5 Å². The number of aromatic nitrogens is 2. The van der Waals surface area contributed by atoms with Gasteiger partial charge in [-0.05, 0) is 13.8 Å². The van der Waals surface area contributed by atoms with E-state index < -0.39 is 11.9 Å². The highest BCUT2D eigenvalue weighted by Gasteiger charge is 2.34. The van der Waals surface area contributed by atoms with Gasteiger partial charge < -0.3 is 15.5 Å². The second-order valence-corrected chi connectivity index (χ2v) is 6.17. The summed E-state index contributed by atoms with van der Waals surface area (Å²) in [6.45, 7) is 5.49. The fraction of sp³-hybridized carbons (Fsp3) is 0.600. The number of amides is 2. The van der Waals surface area contributed by atoms with Crippen molar-refractivity contribution in [3.63, 3.8) is 0 Å². The van der Waals surface area contributed by atoms with E-state index in [1.807, 2.05) is 32.8 Å². The lowest BCUT2D eigenvalue weighted by Gasteiger charge is -2.41. The topological polar surface area (TPSA) is 95.7 Å². The summed E-state index contributed by atoms with van der Waals surface area (Å²) in [4.78, 5) is 38.0. The van der Waals surface area contributed by atoms with E-state index in [9.17, 15) is 9.59 Å². The molecule has 0 aromatic carbocycles. The van der Waals surface area contributed by atoms with E-state index in [0.29, 0.717) is 31.1 Å². The molecular weight excluding hydrogens is 296 g/mol. The maximum Gasteiger partial charge on any atom is 0.257 e. The first-order chi connectivity index (χ1) is 10.8. The molecule has 2 N–H and O–H groups in total. The van der Waals surface area contributed by atoms with Gasteiger partial charge in [0.05, 0.1) is 5.56 Å². The van der Waals surface area contributed by atoms with E-state index in [1.165, 1.54) is 12.4 Å². The average molecular weight is 320 g/mol. The fourth-order valence-corrected chi connectivity index (χ4v) is 2.70. The lowest BCUT2D eigenvalue weighted by molar-refractivity contribution is -0.126. The largest absolute Gasteiger partial charge is 0.368 e. The molecule has 1 aromatic heterocycles. The molecule has 2 amide bonds. The molecule has 0 spiro atoms. The SMILES string of the molecule is CC(C)N1CCN(C(=O)c2cnc(N(C)C)nc2)C[C@@H]1C(N)=O. The Hall–Kier alpha value is -2.22. The number of nitrogens with two attached hydrogens (primary N) is 1. The van der Waals surface area contributed by atoms with Crippen molar-refractivity contribution in [2.75, 3.05) is 38.6 Å². The van der Waals surface area contributed by atoms with Crippen LogP contribution in [0.15, 0.2) is 12.4 Å². The molecule has 1 aromatic rings. The molecule has 1 atom stereocenters. The van der Waals surface area contributed by atoms with Crippen LogP contribution in [0.25, 0.3) is 0 Å². The monoisotopic (exact) mass is 320 g/mol. The molecule has 2 heterocycles. The molecule has 126 valence electrons. The van der Waals surface area contributed by atoms with E-state index in [1.54, 1.807) is 9.80 Å². The number of primary amides is 1. The van der Waals surface area contributed by atoms with Crippen molar-refractivity contribution in [3.05, 3.63) is 18.0 Å². The van der Waals surface area contributed by atoms with Crippen LogP contribution in [0.4, 0.5) is 5.95 Å². The zero-order valence-corrected chi connectivity index (χ0v) is 14.1. The quantitative estimate of drug-likeness (QED) is 0.808. The number of rotatable bonds is 4. The molecule has 8 nitrogen and oxygen atoms in total. The Bertz CT molecular complexity index is 572. The van der Waals surface area contributed by atoms with Gasteiger partial charge in [-0.1, -0.05) is 0 Å². The Balaban J connectivity index is 2.12. The van der Waals surface area contributed by atoms with Crippen LogP contribution in [0.3, 0.4) is 0 Å². The lowest BCUT2D eigenvalue weighted by Crippen LogP contribution is -2.61. The summed E-state index contributed by atoms with van der Waals surface area (Å²) in [5.41, 5.74) is 5.91. The summed E-state index contributed by atoms with van der Waals surface area (Å²) in [6, 6.07) is -0.262. The first-order valence-electron chi connectivity index (χ1n) is 7.65. The zero-order chi connectivity index (χ0) is 17.1. The van der Waals surface area contributed by atoms with Crippen LogP contribution in [0.1, 0.15) is 24.2 Å². The molecule has 0 saturated carbocycles. The Kier molecular flexibility index (Phi) is 5.15. The third-order valence-electron chi connectivity index (χ3n) is 3.99. The van der Waals surface area contributed by atoms with Crippen LogP contribution in [-0.2, 0) is 4.79 Å². The first kappa shape index (κ1) is 17.1. The Morgan fingerprint density at radius 2 is 1.87 bits per heavy atom. The van der Waals surface area contributed by atoms with Gasteiger partial charge in [-0.2, -0.15) is 0 Å². The van der Waals surface area contributed by atoms with Gasteiger partial charge in [0.1, 0.15) is 6.04 Å². The van der Waals surface area contributed by atoms with Crippen molar-refractivity contribution in [1.82, 2.24) is 19.8 Å². The van der Waals surface area contributed by atoms with Gasteiger partial charge in [0.15, 0.2) is 0 Å². The van der Waals surface area contributed by atoms with Crippen molar-refractivity contribution < 1.29 is 9.59 Å². The van der Waals surface area contributed by atoms with Crippen molar-refractivity contribution in [1.29, 1.82) is 0 Å². The van der Waals surface area contributed by atoms with Gasteiger partial charge in [0.25, 0.3) is 5.91 Å². The molecular formula is C15H24N6O2. The number of carbonyl (C=O) groups is 2. The molecule has 0 bridgehead atoms. The van der Waals surface area contributed by atoms with Gasteiger partial charge in [-0.15, -0.1) is 0 Å². The maximum absolute atomic E-state index is 12.6. The standard InChI is InChI=1S/C15H24N6O2/c1-10(2)21-6-5-20(9-12(21)13(16)22)14(23)11-7-17-15(18-8-11)19(3)4/h7-8,10,12H,5-6,9H2,1-4H3,(H2,16,22)/t12-/m1/s1. The molecule has 23 heavy (non-hydrogen) atoms. The minimum Gasteiger partial charge on any atom is -0.368 e. The minimum atomic E-state index is -0.463. The number of hydrogen-bond acceptors (Lipinski definition) is 6. The molecule has 0 aliphatic carbocycles. The van der Waals surface area contributed by atoms with Crippen molar-refractivity contribution in [3.8, 4) is 0 Å². The molecule has 2 rings (SSSR count). The summed E-state index contributed by atoms with van der Waals surface area (Å²) in [5, 5.41) is 0. The number of nitrogens with zero attached hydrogens (tertiary/aromatic N) is 5. The van der Waals surface area contributed by atoms with Crippen LogP contribution < -0.4 is 10.6 Å². The van der Waals surface area contributed by atoms with Crippen molar-refractivity contribution in [2.45, 2.75) is 25.9 Å². The maximum atomic E-state index is 12.6. The number of piperazine rings is 1. The predicted octanol–water partition coefficient (Wildman–Crippen LogP) is -0.437. The first-order valence-corrected chi connectivity index (χ1v) is 7.65. The van der Waals surface area contributed by atoms with Gasteiger partial charge >= 0.3 is 0 Å². The fourth-order valence-electron chi connectivity index (χ4n) is 2.70. The van der Waals surface area contributed by atoms with Gasteiger partial charge in [0, 0.05) is 52.2 Å². The predicted molar refractivity (Wildman–Crippen MR) is 87.1 cm³/mol. The molecule has 8 heteroatoms. The van der Waals surface area contributed by atoms with Crippen LogP contribution in [0.5, 0.6) is 0 Å². The second-order valence-electron chi connectivity index (χ2n) is 6.17. The van der Waals surface area contributed by atoms with E-state index in [2.05, 4.69) is 9.97 Å². The van der Waals surface area contributed by atoms with E-state index in [4.69, 9.17) is 5.73 Å². The molecule has 0 unspecified atom stereocenters. The summed E-state index contributed by atoms with van der Waals surface area (Å²) < 4.78 is 0. The molecule has 1 aliphatic heterocycles. The summed E-state index contributed by atoms with van der Waals surface area (Å²) in [5.74, 6) is -0.0402. The smallest absolute Gasteiger partial charge is 0.257 e. The summed E-state index contributed by atoms with van der Waals surface area (Å²) in [6.07, 6.45) is 3.03. The third kappa shape index (κ3) is 3.76. The number of anilines is 1. The zero-order valence-electron chi connectivity index (χ0n) is 14.1. The van der Waals surface area contributed by atoms with Crippen LogP contribution in [0.2, 0.25) is 0 Å². The average Bonchev–Trinajstić information content (AvgIpc) is 2.53. The molecule has 1 saturated heterocycles. The van der Waals surface area contributed by atoms with Gasteiger partial charge in [0.2, 0.25) is 11.9 Å². The third-order valence-corrected chi connectivity index (χ3v) is 3.99. The van der Waals surface area contributed by atoms with Crippen LogP contribution >= 0.6 is 0 Å². The second kappa shape index (κ2) is 6.91. The summed E-state index contributed by atoms with van der Waals surface area (Å²) >= 11 is 0. The number of carbonyl (C=O) groups excluding carboxylic acids is 2. The highest BCUT2D eigenvalue weighted by atomic mass is 16.2. The van der Waals surface area contributed by atoms with E-state index in [-0.39, 0.29) is 11.9 Å².